The molecule has 0 spiro atoms. The van der Waals surface area contributed by atoms with E-state index < -0.39 is 46.8 Å². The van der Waals surface area contributed by atoms with Crippen LogP contribution < -0.4 is 16.4 Å². The van der Waals surface area contributed by atoms with Crippen molar-refractivity contribution < 1.29 is 33.8 Å². The first-order valence-electron chi connectivity index (χ1n) is 12.3. The van der Waals surface area contributed by atoms with Gasteiger partial charge in [0, 0.05) is 17.2 Å². The molecule has 0 bridgehead atoms. The summed E-state index contributed by atoms with van der Waals surface area (Å²) < 4.78 is 6.48. The van der Waals surface area contributed by atoms with Gasteiger partial charge in [0.2, 0.25) is 17.0 Å². The molecule has 1 saturated heterocycles. The van der Waals surface area contributed by atoms with Gasteiger partial charge in [0.25, 0.3) is 5.91 Å². The molecule has 1 unspecified atom stereocenters. The molecule has 3 heterocycles. The molecule has 4 rings (SSSR count). The number of aromatic nitrogens is 4. The summed E-state index contributed by atoms with van der Waals surface area (Å²) in [6, 6.07) is 5.81. The van der Waals surface area contributed by atoms with Gasteiger partial charge < -0.3 is 20.9 Å². The van der Waals surface area contributed by atoms with Gasteiger partial charge in [0.15, 0.2) is 0 Å². The number of ether oxygens (including phenoxy) is 1. The lowest BCUT2D eigenvalue weighted by Gasteiger charge is -2.49. The Morgan fingerprint density at radius 1 is 1.24 bits per heavy atom. The molecule has 2 atom stereocenters. The number of carbonyl (C=O) groups excluding carboxylic acids is 4. The van der Waals surface area contributed by atoms with E-state index >= 15 is 0 Å². The Morgan fingerprint density at radius 2 is 1.98 bits per heavy atom. The average molecular weight is 605 g/mol. The van der Waals surface area contributed by atoms with Crippen molar-refractivity contribution in [1.29, 1.82) is 0 Å². The first-order chi connectivity index (χ1) is 19.3. The van der Waals surface area contributed by atoms with Crippen molar-refractivity contribution in [2.75, 3.05) is 16.8 Å². The smallest absolute Gasteiger partial charge is 0.412 e. The lowest BCUT2D eigenvalue weighted by molar-refractivity contribution is -0.150. The van der Waals surface area contributed by atoms with Gasteiger partial charge in [0.05, 0.1) is 6.42 Å². The molecule has 15 nitrogen and oxygen atoms in total. The molecule has 2 aliphatic rings. The highest BCUT2D eigenvalue weighted by atomic mass is 32.2. The summed E-state index contributed by atoms with van der Waals surface area (Å²) in [4.78, 5) is 62.7. The van der Waals surface area contributed by atoms with E-state index in [-0.39, 0.29) is 35.3 Å². The number of hydrogen-bond donors (Lipinski definition) is 4. The van der Waals surface area contributed by atoms with E-state index in [4.69, 9.17) is 10.5 Å². The second-order valence-corrected chi connectivity index (χ2v) is 12.1. The topological polar surface area (TPSA) is 212 Å². The van der Waals surface area contributed by atoms with Crippen molar-refractivity contribution in [3.05, 3.63) is 41.1 Å². The highest BCUT2D eigenvalue weighted by Crippen LogP contribution is 2.41. The number of nitrogens with zero attached hydrogens (tertiary/aromatic N) is 5. The molecule has 218 valence electrons. The third-order valence-electron chi connectivity index (χ3n) is 5.75. The fourth-order valence-electron chi connectivity index (χ4n) is 4.10. The second-order valence-electron chi connectivity index (χ2n) is 10.0. The van der Waals surface area contributed by atoms with E-state index in [1.807, 2.05) is 0 Å². The number of carboxylic acid groups (broad SMARTS) is 1. The molecule has 2 aromatic rings. The van der Waals surface area contributed by atoms with Gasteiger partial charge in [-0.1, -0.05) is 30.0 Å². The van der Waals surface area contributed by atoms with Gasteiger partial charge in [-0.2, -0.15) is 0 Å². The lowest BCUT2D eigenvalue weighted by atomic mass is 10.0. The summed E-state index contributed by atoms with van der Waals surface area (Å²) in [6.07, 6.45) is -0.795. The van der Waals surface area contributed by atoms with E-state index in [1.165, 1.54) is 21.3 Å². The Bertz CT molecular complexity index is 1420. The number of nitrogens with two attached hydrogens (primary N) is 1. The standard InChI is InChI=1S/C24H28N8O7S2/c1-24(2,3)39-23(38)26-14-7-5-4-6-12(14)8-16(34)27-17-19(35)32-18(21(36)37)13(10-40-20(17)32)11-41-22-28-29-30-31(22)9-15(25)33/h4-7,17,20H,8-11H2,1-3H3,(H2,25,33)(H,26,38)(H,27,34)(H,36,37)/t17?,20-/m1/s1. The van der Waals surface area contributed by atoms with Crippen LogP contribution >= 0.6 is 23.5 Å². The van der Waals surface area contributed by atoms with E-state index in [9.17, 15) is 29.1 Å². The van der Waals surface area contributed by atoms with Crippen LogP contribution in [0.4, 0.5) is 10.5 Å². The van der Waals surface area contributed by atoms with E-state index in [0.717, 1.165) is 11.8 Å². The predicted molar refractivity (Wildman–Crippen MR) is 147 cm³/mol. The van der Waals surface area contributed by atoms with Gasteiger partial charge in [-0.3, -0.25) is 24.6 Å². The first-order valence-corrected chi connectivity index (χ1v) is 14.3. The monoisotopic (exact) mass is 604 g/mol. The van der Waals surface area contributed by atoms with Crippen molar-refractivity contribution in [1.82, 2.24) is 30.4 Å². The third kappa shape index (κ3) is 7.15. The highest BCUT2D eigenvalue weighted by molar-refractivity contribution is 8.01. The average Bonchev–Trinajstić information content (AvgIpc) is 3.31. The van der Waals surface area contributed by atoms with Crippen molar-refractivity contribution in [3.8, 4) is 0 Å². The number of thioether (sulfide) groups is 2. The van der Waals surface area contributed by atoms with Crippen LogP contribution in [0.1, 0.15) is 26.3 Å². The minimum absolute atomic E-state index is 0.128. The Kier molecular flexibility index (Phi) is 8.86. The molecule has 17 heteroatoms. The first kappa shape index (κ1) is 29.9. The second kappa shape index (κ2) is 12.2. The van der Waals surface area contributed by atoms with Crippen LogP contribution in [-0.4, -0.2) is 88.5 Å². The summed E-state index contributed by atoms with van der Waals surface area (Å²) in [6.45, 7) is 4.97. The van der Waals surface area contributed by atoms with Gasteiger partial charge in [0.1, 0.15) is 29.3 Å². The molecule has 5 N–H and O–H groups in total. The minimum atomic E-state index is -1.28. The minimum Gasteiger partial charge on any atom is -0.477 e. The maximum absolute atomic E-state index is 13.0. The number of primary amides is 1. The quantitative estimate of drug-likeness (QED) is 0.217. The summed E-state index contributed by atoms with van der Waals surface area (Å²) >= 11 is 2.43. The fraction of sp³-hybridized carbons (Fsp3) is 0.417. The molecule has 0 saturated carbocycles. The van der Waals surface area contributed by atoms with Crippen LogP contribution in [0.25, 0.3) is 0 Å². The fourth-order valence-corrected chi connectivity index (χ4v) is 6.46. The zero-order valence-corrected chi connectivity index (χ0v) is 24.0. The molecule has 2 aliphatic heterocycles. The Balaban J connectivity index is 1.40. The summed E-state index contributed by atoms with van der Waals surface area (Å²) in [5, 5.41) is 25.9. The van der Waals surface area contributed by atoms with Crippen molar-refractivity contribution >= 4 is 59.0 Å². The number of amides is 4. The maximum atomic E-state index is 13.0. The zero-order chi connectivity index (χ0) is 29.9. The Labute approximate surface area is 242 Å². The number of rotatable bonds is 10. The van der Waals surface area contributed by atoms with Crippen molar-refractivity contribution in [2.45, 2.75) is 55.9 Å². The number of nitrogens with one attached hydrogen (secondary N) is 2. The molecule has 41 heavy (non-hydrogen) atoms. The largest absolute Gasteiger partial charge is 0.477 e. The maximum Gasteiger partial charge on any atom is 0.412 e. The molecule has 1 fully saturated rings. The summed E-state index contributed by atoms with van der Waals surface area (Å²) in [7, 11) is 0. The SMILES string of the molecule is CC(C)(C)OC(=O)Nc1ccccc1CC(=O)NC1C(=O)N2C(C(=O)O)=C(CSc3nnnn3CC(N)=O)CS[C@H]12. The molecular formula is C24H28N8O7S2. The number of fused-ring (bicyclic) bond motifs is 1. The molecule has 4 amide bonds. The molecular weight excluding hydrogens is 576 g/mol. The van der Waals surface area contributed by atoms with E-state index in [0.29, 0.717) is 16.8 Å². The third-order valence-corrected chi connectivity index (χ3v) is 8.13. The molecule has 1 aromatic heterocycles. The number of carbonyl (C=O) groups is 5. The van der Waals surface area contributed by atoms with Crippen LogP contribution in [-0.2, 0) is 36.9 Å². The van der Waals surface area contributed by atoms with Crippen LogP contribution in [0.5, 0.6) is 0 Å². The van der Waals surface area contributed by atoms with E-state index in [1.54, 1.807) is 45.0 Å². The van der Waals surface area contributed by atoms with Gasteiger partial charge in [-0.25, -0.2) is 14.3 Å². The number of aliphatic carboxylic acids is 1. The summed E-state index contributed by atoms with van der Waals surface area (Å²) in [5.74, 6) is -2.48. The van der Waals surface area contributed by atoms with Gasteiger partial charge >= 0.3 is 12.1 Å². The van der Waals surface area contributed by atoms with Crippen LogP contribution in [0.15, 0.2) is 40.7 Å². The normalized spacial score (nSPS) is 18.3. The molecule has 0 aliphatic carbocycles. The number of para-hydroxylation sites is 1. The number of hydrogen-bond acceptors (Lipinski definition) is 11. The number of anilines is 1. The number of carboxylic acids is 1. The predicted octanol–water partition coefficient (Wildman–Crippen LogP) is 0.579. The number of β-lactam (4-membered cyclic amide) rings is 1. The number of tetrazole rings is 1. The zero-order valence-electron chi connectivity index (χ0n) is 22.3. The Morgan fingerprint density at radius 3 is 2.66 bits per heavy atom. The molecule has 1 aromatic carbocycles. The lowest BCUT2D eigenvalue weighted by Crippen LogP contribution is -2.70. The van der Waals surface area contributed by atoms with Crippen molar-refractivity contribution in [2.24, 2.45) is 5.73 Å². The van der Waals surface area contributed by atoms with Gasteiger partial charge in [-0.15, -0.1) is 16.9 Å². The Hall–Kier alpha value is -4.12. The number of benzene rings is 1. The van der Waals surface area contributed by atoms with Crippen LogP contribution in [0.3, 0.4) is 0 Å². The van der Waals surface area contributed by atoms with Crippen LogP contribution in [0, 0.1) is 0 Å². The van der Waals surface area contributed by atoms with E-state index in [2.05, 4.69) is 26.2 Å². The summed E-state index contributed by atoms with van der Waals surface area (Å²) in [5.41, 5.74) is 5.72. The van der Waals surface area contributed by atoms with Crippen molar-refractivity contribution in [3.63, 3.8) is 0 Å². The van der Waals surface area contributed by atoms with Crippen LogP contribution in [0.2, 0.25) is 0 Å². The van der Waals surface area contributed by atoms with Gasteiger partial charge in [-0.05, 0) is 48.4 Å². The highest BCUT2D eigenvalue weighted by Gasteiger charge is 2.54. The molecule has 0 radical (unpaired) electrons.